The summed E-state index contributed by atoms with van der Waals surface area (Å²) < 4.78 is 2.20. The summed E-state index contributed by atoms with van der Waals surface area (Å²) in [5.41, 5.74) is 0. The van der Waals surface area contributed by atoms with Crippen LogP contribution in [-0.4, -0.2) is 23.7 Å². The summed E-state index contributed by atoms with van der Waals surface area (Å²) in [4.78, 5) is 0. The van der Waals surface area contributed by atoms with E-state index < -0.39 is 0 Å². The van der Waals surface area contributed by atoms with Gasteiger partial charge in [0, 0.05) is 13.5 Å². The molecule has 7 heavy (non-hydrogen) atoms. The lowest BCUT2D eigenvalue weighted by Crippen LogP contribution is -2.14. The third kappa shape index (κ3) is 1.24. The van der Waals surface area contributed by atoms with Crippen molar-refractivity contribution in [2.75, 3.05) is 19.3 Å². The van der Waals surface area contributed by atoms with E-state index in [-0.39, 0.29) is 10.3 Å². The van der Waals surface area contributed by atoms with Crippen molar-refractivity contribution in [1.82, 2.24) is 4.31 Å². The van der Waals surface area contributed by atoms with Gasteiger partial charge in [-0.2, -0.15) is 0 Å². The average molecular weight is 139 g/mol. The Balaban J connectivity index is 2.33. The van der Waals surface area contributed by atoms with E-state index in [2.05, 4.69) is 11.4 Å². The number of nitrogens with zero attached hydrogens (tertiary/aromatic N) is 1. The predicted octanol–water partition coefficient (Wildman–Crippen LogP) is 1.01. The molecule has 0 N–H and O–H groups in total. The number of rotatable bonds is 0. The lowest BCUT2D eigenvalue weighted by Gasteiger charge is -1.95. The van der Waals surface area contributed by atoms with Crippen LogP contribution < -0.4 is 0 Å². The molecule has 1 unspecified atom stereocenters. The van der Waals surface area contributed by atoms with Crippen molar-refractivity contribution in [2.45, 2.75) is 6.42 Å². The second-order valence-electron chi connectivity index (χ2n) is 1.72. The summed E-state index contributed by atoms with van der Waals surface area (Å²) in [5, 5.41) is 0. The molecular formula is C4H9ClNS+. The first-order valence-corrected chi connectivity index (χ1v) is 4.57. The maximum absolute atomic E-state index is 5.82. The molecular weight excluding hydrogens is 130 g/mol. The minimum Gasteiger partial charge on any atom is -0.112 e. The smallest absolute Gasteiger partial charge is 0.112 e. The van der Waals surface area contributed by atoms with Crippen LogP contribution in [0.2, 0.25) is 0 Å². The third-order valence-corrected chi connectivity index (χ3v) is 3.78. The fourth-order valence-electron chi connectivity index (χ4n) is 0.661. The summed E-state index contributed by atoms with van der Waals surface area (Å²) in [6.07, 6.45) is 1.28. The monoisotopic (exact) mass is 138 g/mol. The molecule has 0 radical (unpaired) electrons. The van der Waals surface area contributed by atoms with Crippen molar-refractivity contribution in [3.05, 3.63) is 0 Å². The summed E-state index contributed by atoms with van der Waals surface area (Å²) in [6.45, 7) is 1.19. The van der Waals surface area contributed by atoms with E-state index in [1.54, 1.807) is 0 Å². The standard InChI is InChI=1S/C4H9ClNS/c1-6-3-2-4-7(6)5/h2-4H2,1H3/q+1. The number of halogens is 1. The van der Waals surface area contributed by atoms with Gasteiger partial charge in [0.05, 0.1) is 6.54 Å². The Morgan fingerprint density at radius 3 is 2.57 bits per heavy atom. The highest BCUT2D eigenvalue weighted by Gasteiger charge is 2.29. The first-order valence-electron chi connectivity index (χ1n) is 2.39. The zero-order valence-electron chi connectivity index (χ0n) is 4.35. The van der Waals surface area contributed by atoms with Gasteiger partial charge in [0.1, 0.15) is 5.75 Å². The van der Waals surface area contributed by atoms with Gasteiger partial charge in [0.15, 0.2) is 10.3 Å². The molecule has 1 saturated heterocycles. The Labute approximate surface area is 51.6 Å². The van der Waals surface area contributed by atoms with Gasteiger partial charge in [-0.1, -0.05) is 0 Å². The van der Waals surface area contributed by atoms with Crippen molar-refractivity contribution in [2.24, 2.45) is 0 Å². The van der Waals surface area contributed by atoms with E-state index in [0.29, 0.717) is 0 Å². The summed E-state index contributed by atoms with van der Waals surface area (Å²) in [5.74, 6) is 1.19. The van der Waals surface area contributed by atoms with Crippen LogP contribution in [0.4, 0.5) is 0 Å². The number of hydrogen-bond donors (Lipinski definition) is 0. The van der Waals surface area contributed by atoms with Crippen molar-refractivity contribution >= 4 is 21.0 Å². The van der Waals surface area contributed by atoms with Crippen molar-refractivity contribution < 1.29 is 0 Å². The van der Waals surface area contributed by atoms with Gasteiger partial charge >= 0.3 is 0 Å². The Morgan fingerprint density at radius 2 is 2.43 bits per heavy atom. The SMILES string of the molecule is CN1CCC[S+]1Cl. The first-order chi connectivity index (χ1) is 3.30. The third-order valence-electron chi connectivity index (χ3n) is 1.12. The molecule has 0 aliphatic carbocycles. The van der Waals surface area contributed by atoms with Gasteiger partial charge in [0.25, 0.3) is 0 Å². The molecule has 0 spiro atoms. The molecule has 1 atom stereocenters. The molecule has 1 aliphatic heterocycles. The van der Waals surface area contributed by atoms with Crippen molar-refractivity contribution in [3.8, 4) is 0 Å². The maximum atomic E-state index is 5.82. The predicted molar refractivity (Wildman–Crippen MR) is 35.3 cm³/mol. The Hall–Kier alpha value is 0.600. The lowest BCUT2D eigenvalue weighted by atomic mass is 10.5. The summed E-state index contributed by atoms with van der Waals surface area (Å²) in [6, 6.07) is 0. The molecule has 3 heteroatoms. The Bertz CT molecular complexity index is 60.7. The van der Waals surface area contributed by atoms with Crippen LogP contribution in [0, 0.1) is 0 Å². The van der Waals surface area contributed by atoms with Crippen LogP contribution >= 0.6 is 10.7 Å². The molecule has 42 valence electrons. The molecule has 0 saturated carbocycles. The lowest BCUT2D eigenvalue weighted by molar-refractivity contribution is 0.593. The molecule has 1 heterocycles. The van der Waals surface area contributed by atoms with Gasteiger partial charge in [-0.25, -0.2) is 0 Å². The minimum absolute atomic E-state index is 0.0880. The van der Waals surface area contributed by atoms with Gasteiger partial charge in [-0.15, -0.1) is 4.31 Å². The molecule has 0 bridgehead atoms. The Kier molecular flexibility index (Phi) is 1.84. The zero-order valence-corrected chi connectivity index (χ0v) is 5.93. The summed E-state index contributed by atoms with van der Waals surface area (Å²) in [7, 11) is 7.98. The van der Waals surface area contributed by atoms with E-state index in [1.807, 2.05) is 0 Å². The molecule has 1 aliphatic rings. The first kappa shape index (κ1) is 5.73. The maximum Gasteiger partial charge on any atom is 0.201 e. The van der Waals surface area contributed by atoms with Crippen LogP contribution in [0.1, 0.15) is 6.42 Å². The molecule has 0 aromatic heterocycles. The Morgan fingerprint density at radius 1 is 1.71 bits per heavy atom. The van der Waals surface area contributed by atoms with Gasteiger partial charge in [-0.3, -0.25) is 0 Å². The second kappa shape index (κ2) is 2.25. The molecule has 1 rings (SSSR count). The minimum atomic E-state index is 0.0880. The number of hydrogen-bond acceptors (Lipinski definition) is 1. The van der Waals surface area contributed by atoms with Crippen LogP contribution in [0.15, 0.2) is 0 Å². The topological polar surface area (TPSA) is 3.24 Å². The fourth-order valence-corrected chi connectivity index (χ4v) is 2.20. The molecule has 1 fully saturated rings. The van der Waals surface area contributed by atoms with E-state index in [4.69, 9.17) is 10.7 Å². The summed E-state index contributed by atoms with van der Waals surface area (Å²) >= 11 is 0. The zero-order chi connectivity index (χ0) is 5.28. The van der Waals surface area contributed by atoms with E-state index in [0.717, 1.165) is 0 Å². The van der Waals surface area contributed by atoms with E-state index >= 15 is 0 Å². The van der Waals surface area contributed by atoms with Crippen molar-refractivity contribution in [1.29, 1.82) is 0 Å². The quantitative estimate of drug-likeness (QED) is 0.452. The molecule has 0 aromatic rings. The molecule has 0 amide bonds. The second-order valence-corrected chi connectivity index (χ2v) is 4.43. The largest absolute Gasteiger partial charge is 0.201 e. The van der Waals surface area contributed by atoms with Gasteiger partial charge in [0.2, 0.25) is 10.7 Å². The van der Waals surface area contributed by atoms with E-state index in [1.165, 1.54) is 18.7 Å². The van der Waals surface area contributed by atoms with Crippen LogP contribution in [0.25, 0.3) is 0 Å². The van der Waals surface area contributed by atoms with Crippen molar-refractivity contribution in [3.63, 3.8) is 0 Å². The van der Waals surface area contributed by atoms with Crippen LogP contribution in [0.3, 0.4) is 0 Å². The average Bonchev–Trinajstić information content (AvgIpc) is 1.91. The highest BCUT2D eigenvalue weighted by atomic mass is 35.7. The van der Waals surface area contributed by atoms with Gasteiger partial charge in [-0.05, 0) is 0 Å². The van der Waals surface area contributed by atoms with Gasteiger partial charge < -0.3 is 0 Å². The molecule has 1 nitrogen and oxygen atoms in total. The fraction of sp³-hybridized carbons (Fsp3) is 1.00. The van der Waals surface area contributed by atoms with Crippen LogP contribution in [0.5, 0.6) is 0 Å². The van der Waals surface area contributed by atoms with Crippen LogP contribution in [-0.2, 0) is 10.3 Å². The normalized spacial score (nSPS) is 34.3. The molecule has 0 aromatic carbocycles. The highest BCUT2D eigenvalue weighted by Crippen LogP contribution is 2.16. The van der Waals surface area contributed by atoms with E-state index in [9.17, 15) is 0 Å². The highest BCUT2D eigenvalue weighted by molar-refractivity contribution is 8.16.